The van der Waals surface area contributed by atoms with E-state index >= 15 is 0 Å². The minimum Gasteiger partial charge on any atom is -0.350 e. The van der Waals surface area contributed by atoms with Crippen LogP contribution in [0.5, 0.6) is 0 Å². The molecule has 0 unspecified atom stereocenters. The topological polar surface area (TPSA) is 71.8 Å². The Morgan fingerprint density at radius 2 is 2.08 bits per heavy atom. The summed E-state index contributed by atoms with van der Waals surface area (Å²) in [4.78, 5) is 12.1. The van der Waals surface area contributed by atoms with E-state index in [1.54, 1.807) is 29.1 Å². The lowest BCUT2D eigenvalue weighted by molar-refractivity contribution is 0.0949. The molecule has 0 aliphatic carbocycles. The molecule has 0 radical (unpaired) electrons. The number of carbonyl (C=O) groups is 1. The number of hydrogen-bond acceptors (Lipinski definition) is 4. The lowest BCUT2D eigenvalue weighted by Gasteiger charge is -2.22. The van der Waals surface area contributed by atoms with Crippen LogP contribution in [0.4, 0.5) is 4.39 Å². The minimum absolute atomic E-state index is 0. The van der Waals surface area contributed by atoms with Gasteiger partial charge in [0, 0.05) is 6.54 Å². The molecule has 2 heterocycles. The van der Waals surface area contributed by atoms with E-state index < -0.39 is 0 Å². The number of nitrogens with one attached hydrogen (secondary N) is 2. The molecule has 0 atom stereocenters. The number of carbonyl (C=O) groups excluding carboxylic acids is 1. The number of amides is 1. The van der Waals surface area contributed by atoms with E-state index in [-0.39, 0.29) is 24.1 Å². The molecule has 1 aromatic carbocycles. The van der Waals surface area contributed by atoms with Gasteiger partial charge in [0.1, 0.15) is 5.82 Å². The molecule has 1 aliphatic heterocycles. The van der Waals surface area contributed by atoms with E-state index in [1.165, 1.54) is 6.07 Å². The second kappa shape index (κ2) is 8.75. The van der Waals surface area contributed by atoms with E-state index in [4.69, 9.17) is 0 Å². The van der Waals surface area contributed by atoms with Crippen LogP contribution in [0.3, 0.4) is 0 Å². The van der Waals surface area contributed by atoms with Gasteiger partial charge < -0.3 is 10.6 Å². The lowest BCUT2D eigenvalue weighted by Crippen LogP contribution is -2.29. The average molecular weight is 354 g/mol. The van der Waals surface area contributed by atoms with Crippen LogP contribution in [0.1, 0.15) is 34.9 Å². The number of aromatic nitrogens is 3. The molecular weight excluding hydrogens is 333 g/mol. The van der Waals surface area contributed by atoms with Gasteiger partial charge in [-0.2, -0.15) is 0 Å². The van der Waals surface area contributed by atoms with Crippen molar-refractivity contribution in [2.24, 2.45) is 0 Å². The molecule has 0 saturated carbocycles. The number of benzene rings is 1. The van der Waals surface area contributed by atoms with Crippen LogP contribution in [0.2, 0.25) is 0 Å². The third-order valence-electron chi connectivity index (χ3n) is 4.06. The van der Waals surface area contributed by atoms with E-state index in [0.29, 0.717) is 30.3 Å². The first-order valence-electron chi connectivity index (χ1n) is 7.88. The summed E-state index contributed by atoms with van der Waals surface area (Å²) in [5.74, 6) is -0.528. The SMILES string of the molecule is Cl.O=C(NCCc1ccccc1F)c1cn(C2CCNCC2)nn1. The zero-order chi connectivity index (χ0) is 16.1. The van der Waals surface area contributed by atoms with Gasteiger partial charge in [-0.25, -0.2) is 9.07 Å². The van der Waals surface area contributed by atoms with Gasteiger partial charge in [0.05, 0.1) is 12.2 Å². The fraction of sp³-hybridized carbons (Fsp3) is 0.438. The fourth-order valence-electron chi connectivity index (χ4n) is 2.73. The van der Waals surface area contributed by atoms with E-state index in [2.05, 4.69) is 20.9 Å². The monoisotopic (exact) mass is 353 g/mol. The Hall–Kier alpha value is -1.99. The maximum atomic E-state index is 13.5. The van der Waals surface area contributed by atoms with Crippen LogP contribution in [0.15, 0.2) is 30.5 Å². The molecule has 6 nitrogen and oxygen atoms in total. The Balaban J connectivity index is 0.00000208. The average Bonchev–Trinajstić information content (AvgIpc) is 3.07. The van der Waals surface area contributed by atoms with Crippen molar-refractivity contribution in [1.82, 2.24) is 25.6 Å². The largest absolute Gasteiger partial charge is 0.350 e. The number of rotatable bonds is 5. The molecule has 3 rings (SSSR count). The van der Waals surface area contributed by atoms with Crippen molar-refractivity contribution in [3.05, 3.63) is 47.5 Å². The molecule has 1 aliphatic rings. The Morgan fingerprint density at radius 1 is 1.33 bits per heavy atom. The molecule has 2 N–H and O–H groups in total. The highest BCUT2D eigenvalue weighted by Gasteiger charge is 2.18. The van der Waals surface area contributed by atoms with Crippen LogP contribution in [0, 0.1) is 5.82 Å². The molecule has 2 aromatic rings. The summed E-state index contributed by atoms with van der Waals surface area (Å²) in [6.45, 7) is 2.27. The van der Waals surface area contributed by atoms with Crippen molar-refractivity contribution in [3.63, 3.8) is 0 Å². The van der Waals surface area contributed by atoms with Crippen molar-refractivity contribution in [1.29, 1.82) is 0 Å². The highest BCUT2D eigenvalue weighted by atomic mass is 35.5. The van der Waals surface area contributed by atoms with Gasteiger partial charge >= 0.3 is 0 Å². The smallest absolute Gasteiger partial charge is 0.273 e. The number of nitrogens with zero attached hydrogens (tertiary/aromatic N) is 3. The van der Waals surface area contributed by atoms with Gasteiger partial charge in [0.25, 0.3) is 5.91 Å². The molecule has 0 spiro atoms. The molecule has 24 heavy (non-hydrogen) atoms. The highest BCUT2D eigenvalue weighted by Crippen LogP contribution is 2.17. The quantitative estimate of drug-likeness (QED) is 0.858. The predicted molar refractivity (Wildman–Crippen MR) is 90.8 cm³/mol. The molecule has 1 aromatic heterocycles. The van der Waals surface area contributed by atoms with Gasteiger partial charge in [-0.05, 0) is 44.0 Å². The van der Waals surface area contributed by atoms with Crippen molar-refractivity contribution in [2.45, 2.75) is 25.3 Å². The Bertz CT molecular complexity index is 672. The second-order valence-corrected chi connectivity index (χ2v) is 5.66. The summed E-state index contributed by atoms with van der Waals surface area (Å²) in [5, 5.41) is 14.0. The van der Waals surface area contributed by atoms with Crippen LogP contribution in [0.25, 0.3) is 0 Å². The molecule has 1 saturated heterocycles. The van der Waals surface area contributed by atoms with Gasteiger partial charge in [-0.15, -0.1) is 17.5 Å². The summed E-state index contributed by atoms with van der Waals surface area (Å²) in [6, 6.07) is 6.86. The van der Waals surface area contributed by atoms with Crippen LogP contribution in [-0.4, -0.2) is 40.5 Å². The maximum absolute atomic E-state index is 13.5. The molecule has 8 heteroatoms. The summed E-state index contributed by atoms with van der Waals surface area (Å²) < 4.78 is 15.3. The van der Waals surface area contributed by atoms with Crippen LogP contribution >= 0.6 is 12.4 Å². The maximum Gasteiger partial charge on any atom is 0.273 e. The third-order valence-corrected chi connectivity index (χ3v) is 4.06. The summed E-state index contributed by atoms with van der Waals surface area (Å²) in [6.07, 6.45) is 4.10. The van der Waals surface area contributed by atoms with Crippen molar-refractivity contribution >= 4 is 18.3 Å². The number of piperidine rings is 1. The first-order chi connectivity index (χ1) is 11.2. The zero-order valence-electron chi connectivity index (χ0n) is 13.2. The number of halogens is 2. The highest BCUT2D eigenvalue weighted by molar-refractivity contribution is 5.91. The summed E-state index contributed by atoms with van der Waals surface area (Å²) in [5.41, 5.74) is 0.892. The van der Waals surface area contributed by atoms with Crippen molar-refractivity contribution in [2.75, 3.05) is 19.6 Å². The molecule has 0 bridgehead atoms. The summed E-state index contributed by atoms with van der Waals surface area (Å²) in [7, 11) is 0. The van der Waals surface area contributed by atoms with E-state index in [9.17, 15) is 9.18 Å². The molecule has 1 amide bonds. The van der Waals surface area contributed by atoms with Gasteiger partial charge in [0.15, 0.2) is 5.69 Å². The standard InChI is InChI=1S/C16H20FN5O.ClH/c17-14-4-2-1-3-12(14)5-10-19-16(23)15-11-22(21-20-15)13-6-8-18-9-7-13;/h1-4,11,13,18H,5-10H2,(H,19,23);1H. The molecular formula is C16H21ClFN5O. The summed E-state index contributed by atoms with van der Waals surface area (Å²) >= 11 is 0. The molecule has 130 valence electrons. The Kier molecular flexibility index (Phi) is 6.69. The van der Waals surface area contributed by atoms with Gasteiger partial charge in [-0.1, -0.05) is 23.4 Å². The first kappa shape index (κ1) is 18.4. The first-order valence-corrected chi connectivity index (χ1v) is 7.88. The minimum atomic E-state index is -0.276. The van der Waals surface area contributed by atoms with Gasteiger partial charge in [0.2, 0.25) is 0 Å². The second-order valence-electron chi connectivity index (χ2n) is 5.66. The molecule has 1 fully saturated rings. The predicted octanol–water partition coefficient (Wildman–Crippen LogP) is 1.74. The van der Waals surface area contributed by atoms with Crippen molar-refractivity contribution in [3.8, 4) is 0 Å². The number of hydrogen-bond donors (Lipinski definition) is 2. The normalized spacial score (nSPS) is 14.9. The third kappa shape index (κ3) is 4.52. The fourth-order valence-corrected chi connectivity index (χ4v) is 2.73. The van der Waals surface area contributed by atoms with Crippen molar-refractivity contribution < 1.29 is 9.18 Å². The van der Waals surface area contributed by atoms with E-state index in [1.807, 2.05) is 0 Å². The van der Waals surface area contributed by atoms with Gasteiger partial charge in [-0.3, -0.25) is 4.79 Å². The Labute approximate surface area is 146 Å². The lowest BCUT2D eigenvalue weighted by atomic mass is 10.1. The van der Waals surface area contributed by atoms with E-state index in [0.717, 1.165) is 25.9 Å². The zero-order valence-corrected chi connectivity index (χ0v) is 14.1. The Morgan fingerprint density at radius 3 is 2.83 bits per heavy atom. The van der Waals surface area contributed by atoms with Crippen LogP contribution in [-0.2, 0) is 6.42 Å². The van der Waals surface area contributed by atoms with Crippen LogP contribution < -0.4 is 10.6 Å².